The number of aliphatic imine (C=N–C) groups is 1. The maximum atomic E-state index is 11.4. The molecule has 1 aliphatic rings. The van der Waals surface area contributed by atoms with E-state index in [2.05, 4.69) is 20.9 Å². The van der Waals surface area contributed by atoms with Gasteiger partial charge in [0.2, 0.25) is 5.91 Å². The molecule has 0 atom stereocenters. The lowest BCUT2D eigenvalue weighted by atomic mass is 10.4. The molecule has 0 unspecified atom stereocenters. The summed E-state index contributed by atoms with van der Waals surface area (Å²) in [6, 6.07) is 3.70. The summed E-state index contributed by atoms with van der Waals surface area (Å²) in [4.78, 5) is 29.2. The van der Waals surface area contributed by atoms with E-state index < -0.39 is 0 Å². The maximum Gasteiger partial charge on any atom is 0.324 e. The van der Waals surface area contributed by atoms with Crippen LogP contribution in [-0.2, 0) is 11.3 Å². The molecule has 7 nitrogen and oxygen atoms in total. The van der Waals surface area contributed by atoms with Gasteiger partial charge in [-0.3, -0.25) is 14.7 Å². The third kappa shape index (κ3) is 3.70. The first-order valence-electron chi connectivity index (χ1n) is 6.26. The Morgan fingerprint density at radius 3 is 2.95 bits per heavy atom. The molecule has 20 heavy (non-hydrogen) atoms. The maximum absolute atomic E-state index is 11.4. The number of amides is 3. The number of nitrogens with zero attached hydrogens (tertiary/aromatic N) is 2. The Kier molecular flexibility index (Phi) is 4.94. The summed E-state index contributed by atoms with van der Waals surface area (Å²) < 4.78 is 0. The lowest BCUT2D eigenvalue weighted by Crippen LogP contribution is -2.42. The third-order valence-electron chi connectivity index (χ3n) is 2.80. The highest BCUT2D eigenvalue weighted by atomic mass is 32.1. The van der Waals surface area contributed by atoms with Gasteiger partial charge >= 0.3 is 6.03 Å². The molecule has 1 aromatic heterocycles. The van der Waals surface area contributed by atoms with Crippen LogP contribution in [-0.4, -0.2) is 49.5 Å². The average Bonchev–Trinajstić information content (AvgIpc) is 3.06. The van der Waals surface area contributed by atoms with Crippen molar-refractivity contribution in [3.8, 4) is 0 Å². The second-order valence-electron chi connectivity index (χ2n) is 4.14. The van der Waals surface area contributed by atoms with E-state index in [-0.39, 0.29) is 18.5 Å². The number of urea groups is 1. The van der Waals surface area contributed by atoms with E-state index in [1.807, 2.05) is 17.5 Å². The Morgan fingerprint density at radius 2 is 2.35 bits per heavy atom. The van der Waals surface area contributed by atoms with Gasteiger partial charge in [0.15, 0.2) is 5.96 Å². The van der Waals surface area contributed by atoms with Crippen molar-refractivity contribution in [3.05, 3.63) is 22.4 Å². The van der Waals surface area contributed by atoms with Crippen LogP contribution < -0.4 is 16.0 Å². The van der Waals surface area contributed by atoms with E-state index in [0.717, 1.165) is 0 Å². The molecule has 3 amide bonds. The quantitative estimate of drug-likeness (QED) is 0.404. The van der Waals surface area contributed by atoms with E-state index >= 15 is 0 Å². The minimum atomic E-state index is -0.335. The minimum absolute atomic E-state index is 0.0875. The van der Waals surface area contributed by atoms with Gasteiger partial charge in [-0.25, -0.2) is 4.79 Å². The van der Waals surface area contributed by atoms with E-state index in [1.165, 1.54) is 9.78 Å². The number of nitrogens with one attached hydrogen (secondary N) is 3. The zero-order valence-electron chi connectivity index (χ0n) is 11.2. The molecule has 1 aliphatic heterocycles. The molecule has 0 radical (unpaired) electrons. The number of hydrogen-bond donors (Lipinski definition) is 3. The molecule has 0 saturated carbocycles. The van der Waals surface area contributed by atoms with Crippen molar-refractivity contribution in [2.45, 2.75) is 6.54 Å². The molecule has 1 aromatic rings. The number of imide groups is 1. The number of carbonyl (C=O) groups is 2. The summed E-state index contributed by atoms with van der Waals surface area (Å²) >= 11 is 1.67. The van der Waals surface area contributed by atoms with Crippen molar-refractivity contribution in [2.24, 2.45) is 4.99 Å². The first-order valence-corrected chi connectivity index (χ1v) is 7.14. The van der Waals surface area contributed by atoms with Gasteiger partial charge in [0.1, 0.15) is 0 Å². The highest BCUT2D eigenvalue weighted by molar-refractivity contribution is 7.09. The second kappa shape index (κ2) is 6.90. The topological polar surface area (TPSA) is 85.8 Å². The SMILES string of the molecule is CN=C(NCCN1C(=O)CNC1=O)NCc1cccs1. The van der Waals surface area contributed by atoms with E-state index in [1.54, 1.807) is 18.4 Å². The highest BCUT2D eigenvalue weighted by Gasteiger charge is 2.27. The zero-order chi connectivity index (χ0) is 14.4. The Bertz CT molecular complexity index is 484. The summed E-state index contributed by atoms with van der Waals surface area (Å²) in [5.41, 5.74) is 0. The molecule has 1 fully saturated rings. The fraction of sp³-hybridized carbons (Fsp3) is 0.417. The van der Waals surface area contributed by atoms with E-state index in [4.69, 9.17) is 0 Å². The van der Waals surface area contributed by atoms with E-state index in [9.17, 15) is 9.59 Å². The lowest BCUT2D eigenvalue weighted by Gasteiger charge is -2.15. The van der Waals surface area contributed by atoms with Gasteiger partial charge in [-0.05, 0) is 11.4 Å². The van der Waals surface area contributed by atoms with Crippen molar-refractivity contribution in [3.63, 3.8) is 0 Å². The van der Waals surface area contributed by atoms with Gasteiger partial charge in [0.05, 0.1) is 13.1 Å². The number of rotatable bonds is 5. The fourth-order valence-corrected chi connectivity index (χ4v) is 2.42. The molecular weight excluding hydrogens is 278 g/mol. The summed E-state index contributed by atoms with van der Waals surface area (Å²) in [6.07, 6.45) is 0. The van der Waals surface area contributed by atoms with Crippen LogP contribution in [0, 0.1) is 0 Å². The molecule has 8 heteroatoms. The molecular formula is C12H17N5O2S. The summed E-state index contributed by atoms with van der Waals surface area (Å²) in [6.45, 7) is 1.57. The van der Waals surface area contributed by atoms with Crippen LogP contribution in [0.1, 0.15) is 4.88 Å². The lowest BCUT2D eigenvalue weighted by molar-refractivity contribution is -0.124. The number of thiophene rings is 1. The average molecular weight is 295 g/mol. The van der Waals surface area contributed by atoms with Crippen molar-refractivity contribution in [1.29, 1.82) is 0 Å². The Hall–Kier alpha value is -2.09. The van der Waals surface area contributed by atoms with Crippen molar-refractivity contribution < 1.29 is 9.59 Å². The van der Waals surface area contributed by atoms with Crippen LogP contribution >= 0.6 is 11.3 Å². The predicted molar refractivity (Wildman–Crippen MR) is 77.6 cm³/mol. The normalized spacial score (nSPS) is 15.4. The molecule has 2 rings (SSSR count). The smallest absolute Gasteiger partial charge is 0.324 e. The van der Waals surface area contributed by atoms with Crippen molar-refractivity contribution in [1.82, 2.24) is 20.9 Å². The molecule has 0 spiro atoms. The molecule has 2 heterocycles. The molecule has 3 N–H and O–H groups in total. The summed E-state index contributed by atoms with van der Waals surface area (Å²) in [7, 11) is 1.68. The van der Waals surface area contributed by atoms with Crippen LogP contribution in [0.5, 0.6) is 0 Å². The Balaban J connectivity index is 1.71. The molecule has 0 aromatic carbocycles. The molecule has 108 valence electrons. The van der Waals surface area contributed by atoms with Crippen molar-refractivity contribution in [2.75, 3.05) is 26.7 Å². The fourth-order valence-electron chi connectivity index (χ4n) is 1.77. The summed E-state index contributed by atoms with van der Waals surface area (Å²) in [5.74, 6) is 0.448. The van der Waals surface area contributed by atoms with Gasteiger partial charge in [-0.15, -0.1) is 11.3 Å². The van der Waals surface area contributed by atoms with Crippen LogP contribution in [0.4, 0.5) is 4.79 Å². The van der Waals surface area contributed by atoms with Gasteiger partial charge in [0.25, 0.3) is 0 Å². The first-order chi connectivity index (χ1) is 9.70. The highest BCUT2D eigenvalue weighted by Crippen LogP contribution is 2.07. The molecule has 0 aliphatic carbocycles. The first kappa shape index (κ1) is 14.3. The number of hydrogen-bond acceptors (Lipinski definition) is 4. The van der Waals surface area contributed by atoms with Gasteiger partial charge in [0, 0.05) is 25.0 Å². The Labute approximate surface area is 121 Å². The van der Waals surface area contributed by atoms with Crippen LogP contribution in [0.15, 0.2) is 22.5 Å². The van der Waals surface area contributed by atoms with Crippen LogP contribution in [0.2, 0.25) is 0 Å². The summed E-state index contributed by atoms with van der Waals surface area (Å²) in [5, 5.41) is 10.7. The Morgan fingerprint density at radius 1 is 1.50 bits per heavy atom. The van der Waals surface area contributed by atoms with E-state index in [0.29, 0.717) is 25.6 Å². The number of guanidine groups is 1. The monoisotopic (exact) mass is 295 g/mol. The third-order valence-corrected chi connectivity index (χ3v) is 3.68. The van der Waals surface area contributed by atoms with Gasteiger partial charge in [-0.1, -0.05) is 6.07 Å². The van der Waals surface area contributed by atoms with Crippen LogP contribution in [0.3, 0.4) is 0 Å². The van der Waals surface area contributed by atoms with Gasteiger partial charge in [-0.2, -0.15) is 0 Å². The minimum Gasteiger partial charge on any atom is -0.355 e. The molecule has 1 saturated heterocycles. The largest absolute Gasteiger partial charge is 0.355 e. The zero-order valence-corrected chi connectivity index (χ0v) is 12.0. The molecule has 0 bridgehead atoms. The van der Waals surface area contributed by atoms with Crippen LogP contribution in [0.25, 0.3) is 0 Å². The predicted octanol–water partition coefficient (Wildman–Crippen LogP) is -0.0351. The second-order valence-corrected chi connectivity index (χ2v) is 5.17. The number of carbonyl (C=O) groups excluding carboxylic acids is 2. The standard InChI is InChI=1S/C12H17N5O2S/c1-13-11(15-7-9-3-2-6-20-9)14-4-5-17-10(18)8-16-12(17)19/h2-3,6H,4-5,7-8H2,1H3,(H,16,19)(H2,13,14,15). The van der Waals surface area contributed by atoms with Crippen molar-refractivity contribution >= 4 is 29.2 Å². The van der Waals surface area contributed by atoms with Gasteiger partial charge < -0.3 is 16.0 Å².